The number of benzene rings is 1. The van der Waals surface area contributed by atoms with Crippen LogP contribution in [-0.2, 0) is 16.0 Å². The Morgan fingerprint density at radius 3 is 2.71 bits per heavy atom. The summed E-state index contributed by atoms with van der Waals surface area (Å²) < 4.78 is 45.9. The summed E-state index contributed by atoms with van der Waals surface area (Å²) >= 11 is 0. The molecule has 168 valence electrons. The first-order valence-electron chi connectivity index (χ1n) is 10.2. The van der Waals surface area contributed by atoms with Gasteiger partial charge in [-0.05, 0) is 42.0 Å². The van der Waals surface area contributed by atoms with Crippen LogP contribution in [0.4, 0.5) is 19.0 Å². The van der Waals surface area contributed by atoms with Crippen molar-refractivity contribution in [3.05, 3.63) is 59.8 Å². The molecule has 1 aliphatic rings. The molecule has 0 radical (unpaired) electrons. The molecule has 1 aromatic carbocycles. The zero-order chi connectivity index (χ0) is 22.3. The minimum Gasteiger partial charge on any atom is -0.481 e. The number of pyridine rings is 1. The van der Waals surface area contributed by atoms with Crippen molar-refractivity contribution < 1.29 is 27.8 Å². The third-order valence-corrected chi connectivity index (χ3v) is 5.07. The quantitative estimate of drug-likeness (QED) is 0.575. The summed E-state index contributed by atoms with van der Waals surface area (Å²) in [4.78, 5) is 16.6. The fourth-order valence-corrected chi connectivity index (χ4v) is 3.87. The summed E-state index contributed by atoms with van der Waals surface area (Å²) in [6.07, 6.45) is -2.85. The Morgan fingerprint density at radius 1 is 1.23 bits per heavy atom. The van der Waals surface area contributed by atoms with Gasteiger partial charge in [-0.3, -0.25) is 9.69 Å². The number of aliphatic carboxylic acids is 1. The second-order valence-electron chi connectivity index (χ2n) is 7.63. The first kappa shape index (κ1) is 23.0. The lowest BCUT2D eigenvalue weighted by Crippen LogP contribution is -2.40. The normalized spacial score (nSPS) is 19.5. The smallest absolute Gasteiger partial charge is 0.401 e. The second-order valence-corrected chi connectivity index (χ2v) is 7.63. The number of alkyl halides is 3. The Hall–Kier alpha value is -2.65. The molecule has 0 fully saturated rings. The highest BCUT2D eigenvalue weighted by molar-refractivity contribution is 5.67. The van der Waals surface area contributed by atoms with Crippen LogP contribution in [0.1, 0.15) is 30.2 Å². The second kappa shape index (κ2) is 10.6. The fraction of sp³-hybridized carbons (Fsp3) is 0.455. The third-order valence-electron chi connectivity index (χ3n) is 5.07. The van der Waals surface area contributed by atoms with E-state index >= 15 is 0 Å². The lowest BCUT2D eigenvalue weighted by Gasteiger charge is -2.32. The molecule has 1 aromatic heterocycles. The summed E-state index contributed by atoms with van der Waals surface area (Å²) in [5.74, 6) is -0.729. The Morgan fingerprint density at radius 2 is 2.00 bits per heavy atom. The van der Waals surface area contributed by atoms with Crippen molar-refractivity contribution in [2.75, 3.05) is 31.6 Å². The molecule has 3 rings (SSSR count). The van der Waals surface area contributed by atoms with E-state index in [4.69, 9.17) is 4.74 Å². The standard InChI is InChI=1S/C22H26F3N3O3/c23-22(24,25)15-28-14-16(13-20(29)30)12-17-6-1-2-7-18(17)21(28)31-11-5-10-27-19-8-3-4-9-26-19/h1-4,6-9,16,21H,5,10-15H2,(H,26,27)(H,29,30). The van der Waals surface area contributed by atoms with Gasteiger partial charge in [-0.15, -0.1) is 0 Å². The molecule has 0 aliphatic carbocycles. The molecule has 2 aromatic rings. The molecular formula is C22H26F3N3O3. The maximum Gasteiger partial charge on any atom is 0.401 e. The maximum absolute atomic E-state index is 13.3. The number of anilines is 1. The van der Waals surface area contributed by atoms with Crippen molar-refractivity contribution in [2.24, 2.45) is 5.92 Å². The average molecular weight is 437 g/mol. The molecule has 0 spiro atoms. The van der Waals surface area contributed by atoms with Crippen LogP contribution in [0.15, 0.2) is 48.7 Å². The predicted octanol–water partition coefficient (Wildman–Crippen LogP) is 4.11. The molecule has 1 aliphatic heterocycles. The molecule has 9 heteroatoms. The molecule has 31 heavy (non-hydrogen) atoms. The van der Waals surface area contributed by atoms with Crippen LogP contribution < -0.4 is 5.32 Å². The molecule has 0 saturated carbocycles. The average Bonchev–Trinajstić information content (AvgIpc) is 2.83. The highest BCUT2D eigenvalue weighted by atomic mass is 19.4. The monoisotopic (exact) mass is 437 g/mol. The van der Waals surface area contributed by atoms with E-state index in [-0.39, 0.29) is 19.6 Å². The van der Waals surface area contributed by atoms with Gasteiger partial charge in [0.15, 0.2) is 0 Å². The number of rotatable bonds is 9. The minimum absolute atomic E-state index is 0.00264. The predicted molar refractivity (Wildman–Crippen MR) is 110 cm³/mol. The maximum atomic E-state index is 13.3. The molecular weight excluding hydrogens is 411 g/mol. The Labute approximate surface area is 179 Å². The number of hydrogen-bond acceptors (Lipinski definition) is 5. The van der Waals surface area contributed by atoms with E-state index in [9.17, 15) is 23.1 Å². The number of nitrogens with zero attached hydrogens (tertiary/aromatic N) is 2. The Kier molecular flexibility index (Phi) is 7.86. The van der Waals surface area contributed by atoms with Gasteiger partial charge in [0.05, 0.1) is 13.2 Å². The van der Waals surface area contributed by atoms with Gasteiger partial charge >= 0.3 is 12.1 Å². The number of hydrogen-bond donors (Lipinski definition) is 2. The summed E-state index contributed by atoms with van der Waals surface area (Å²) in [6.45, 7) is -0.352. The number of carbonyl (C=O) groups is 1. The summed E-state index contributed by atoms with van der Waals surface area (Å²) in [7, 11) is 0. The van der Waals surface area contributed by atoms with Crippen molar-refractivity contribution in [1.29, 1.82) is 0 Å². The van der Waals surface area contributed by atoms with Crippen molar-refractivity contribution in [3.8, 4) is 0 Å². The van der Waals surface area contributed by atoms with E-state index in [1.807, 2.05) is 30.3 Å². The van der Waals surface area contributed by atoms with Crippen molar-refractivity contribution >= 4 is 11.8 Å². The molecule has 0 saturated heterocycles. The zero-order valence-electron chi connectivity index (χ0n) is 17.0. The van der Waals surface area contributed by atoms with Gasteiger partial charge < -0.3 is 15.2 Å². The molecule has 2 unspecified atom stereocenters. The molecule has 2 atom stereocenters. The van der Waals surface area contributed by atoms with Crippen LogP contribution >= 0.6 is 0 Å². The summed E-state index contributed by atoms with van der Waals surface area (Å²) in [5, 5.41) is 12.3. The van der Waals surface area contributed by atoms with Gasteiger partial charge in [0.2, 0.25) is 0 Å². The van der Waals surface area contributed by atoms with Crippen LogP contribution in [0.2, 0.25) is 0 Å². The van der Waals surface area contributed by atoms with Gasteiger partial charge in [-0.2, -0.15) is 13.2 Å². The topological polar surface area (TPSA) is 74.7 Å². The van der Waals surface area contributed by atoms with Crippen molar-refractivity contribution in [1.82, 2.24) is 9.88 Å². The number of carboxylic acid groups (broad SMARTS) is 1. The number of carboxylic acids is 1. The highest BCUT2D eigenvalue weighted by Crippen LogP contribution is 2.35. The van der Waals surface area contributed by atoms with E-state index in [1.165, 1.54) is 4.90 Å². The van der Waals surface area contributed by atoms with Crippen molar-refractivity contribution in [3.63, 3.8) is 0 Å². The Bertz CT molecular complexity index is 849. The fourth-order valence-electron chi connectivity index (χ4n) is 3.87. The lowest BCUT2D eigenvalue weighted by molar-refractivity contribution is -0.177. The van der Waals surface area contributed by atoms with Crippen LogP contribution in [0, 0.1) is 5.92 Å². The van der Waals surface area contributed by atoms with Gasteiger partial charge in [0, 0.05) is 25.7 Å². The largest absolute Gasteiger partial charge is 0.481 e. The lowest BCUT2D eigenvalue weighted by atomic mass is 9.95. The van der Waals surface area contributed by atoms with Gasteiger partial charge in [0.25, 0.3) is 0 Å². The first-order valence-corrected chi connectivity index (χ1v) is 10.2. The Balaban J connectivity index is 1.71. The number of nitrogens with one attached hydrogen (secondary N) is 1. The highest BCUT2D eigenvalue weighted by Gasteiger charge is 2.38. The van der Waals surface area contributed by atoms with E-state index in [0.29, 0.717) is 24.9 Å². The van der Waals surface area contributed by atoms with E-state index in [2.05, 4.69) is 10.3 Å². The van der Waals surface area contributed by atoms with Gasteiger partial charge in [-0.25, -0.2) is 4.98 Å². The number of ether oxygens (including phenoxy) is 1. The third kappa shape index (κ3) is 7.22. The van der Waals surface area contributed by atoms with Crippen LogP contribution in [0.5, 0.6) is 0 Å². The van der Waals surface area contributed by atoms with E-state index in [0.717, 1.165) is 11.4 Å². The SMILES string of the molecule is O=C(O)CC1Cc2ccccc2C(OCCCNc2ccccn2)N(CC(F)(F)F)C1. The number of aromatic nitrogens is 1. The van der Waals surface area contributed by atoms with Crippen molar-refractivity contribution in [2.45, 2.75) is 31.7 Å². The van der Waals surface area contributed by atoms with Crippen LogP contribution in [-0.4, -0.2) is 53.4 Å². The van der Waals surface area contributed by atoms with Crippen LogP contribution in [0.3, 0.4) is 0 Å². The summed E-state index contributed by atoms with van der Waals surface area (Å²) in [6, 6.07) is 12.7. The number of fused-ring (bicyclic) bond motifs is 1. The minimum atomic E-state index is -4.42. The summed E-state index contributed by atoms with van der Waals surface area (Å²) in [5.41, 5.74) is 1.49. The first-order chi connectivity index (χ1) is 14.8. The molecule has 0 bridgehead atoms. The van der Waals surface area contributed by atoms with Gasteiger partial charge in [-0.1, -0.05) is 30.3 Å². The van der Waals surface area contributed by atoms with Gasteiger partial charge in [0.1, 0.15) is 12.0 Å². The van der Waals surface area contributed by atoms with Crippen LogP contribution in [0.25, 0.3) is 0 Å². The number of halogens is 3. The molecule has 2 N–H and O–H groups in total. The van der Waals surface area contributed by atoms with E-state index in [1.54, 1.807) is 18.3 Å². The molecule has 0 amide bonds. The van der Waals surface area contributed by atoms with E-state index < -0.39 is 30.8 Å². The molecule has 6 nitrogen and oxygen atoms in total. The zero-order valence-corrected chi connectivity index (χ0v) is 17.0. The molecule has 2 heterocycles.